The quantitative estimate of drug-likeness (QED) is 0.380. The van der Waals surface area contributed by atoms with Crippen LogP contribution in [-0.4, -0.2) is 27.8 Å². The highest BCUT2D eigenvalue weighted by Crippen LogP contribution is 2.64. The number of nitrogens with zero attached hydrogens (tertiary/aromatic N) is 2. The number of hydrogen-bond acceptors (Lipinski definition) is 5. The van der Waals surface area contributed by atoms with Crippen molar-refractivity contribution in [1.82, 2.24) is 0 Å². The van der Waals surface area contributed by atoms with Gasteiger partial charge in [0.1, 0.15) is 5.92 Å². The molecule has 7 rings (SSSR count). The molecule has 2 unspecified atom stereocenters. The van der Waals surface area contributed by atoms with E-state index in [9.17, 15) is 29.6 Å². The van der Waals surface area contributed by atoms with Gasteiger partial charge in [-0.05, 0) is 29.3 Å². The Labute approximate surface area is 187 Å². The first-order valence-corrected chi connectivity index (χ1v) is 10.4. The van der Waals surface area contributed by atoms with Gasteiger partial charge >= 0.3 is 5.97 Å². The minimum absolute atomic E-state index is 0.0819. The molecular formula is C25H16N2O6. The first-order chi connectivity index (χ1) is 15.9. The molecule has 2 amide bonds. The smallest absolute Gasteiger partial charge is 0.335 e. The van der Waals surface area contributed by atoms with Crippen LogP contribution in [0.15, 0.2) is 72.8 Å². The summed E-state index contributed by atoms with van der Waals surface area (Å²) in [6, 6.07) is 19.4. The first-order valence-electron chi connectivity index (χ1n) is 10.4. The minimum atomic E-state index is -1.90. The fourth-order valence-electron chi connectivity index (χ4n) is 6.07. The zero-order valence-electron chi connectivity index (χ0n) is 17.0. The van der Waals surface area contributed by atoms with E-state index in [0.29, 0.717) is 22.3 Å². The predicted octanol–water partition coefficient (Wildman–Crippen LogP) is 3.17. The Morgan fingerprint density at radius 2 is 1.52 bits per heavy atom. The Hall–Kier alpha value is -4.33. The number of nitro groups is 1. The van der Waals surface area contributed by atoms with E-state index >= 15 is 0 Å². The first kappa shape index (κ1) is 19.4. The van der Waals surface area contributed by atoms with Crippen LogP contribution in [0.1, 0.15) is 38.5 Å². The summed E-state index contributed by atoms with van der Waals surface area (Å²) in [6.45, 7) is 0. The molecule has 3 aromatic carbocycles. The van der Waals surface area contributed by atoms with E-state index in [-0.39, 0.29) is 11.3 Å². The number of benzene rings is 3. The number of rotatable bonds is 3. The molecule has 2 atom stereocenters. The summed E-state index contributed by atoms with van der Waals surface area (Å²) >= 11 is 0. The fraction of sp³-hybridized carbons (Fsp3) is 0.160. The normalized spacial score (nSPS) is 26.5. The maximum atomic E-state index is 13.8. The van der Waals surface area contributed by atoms with Crippen LogP contribution in [0.4, 0.5) is 5.69 Å². The van der Waals surface area contributed by atoms with Crippen LogP contribution in [0.5, 0.6) is 0 Å². The summed E-state index contributed by atoms with van der Waals surface area (Å²) in [7, 11) is 0. The molecule has 1 fully saturated rings. The molecule has 0 spiro atoms. The number of carboxylic acids is 1. The van der Waals surface area contributed by atoms with Gasteiger partial charge in [0.05, 0.1) is 17.2 Å². The van der Waals surface area contributed by atoms with E-state index in [4.69, 9.17) is 0 Å². The monoisotopic (exact) mass is 440 g/mol. The van der Waals surface area contributed by atoms with Gasteiger partial charge in [0.15, 0.2) is 0 Å². The molecule has 0 saturated carbocycles. The molecule has 33 heavy (non-hydrogen) atoms. The Bertz CT molecular complexity index is 1370. The molecule has 1 heterocycles. The van der Waals surface area contributed by atoms with Gasteiger partial charge in [0.25, 0.3) is 5.54 Å². The lowest BCUT2D eigenvalue weighted by Gasteiger charge is -2.48. The summed E-state index contributed by atoms with van der Waals surface area (Å²) in [6.07, 6.45) is 0. The maximum absolute atomic E-state index is 13.8. The lowest BCUT2D eigenvalue weighted by atomic mass is 9.51. The van der Waals surface area contributed by atoms with Crippen molar-refractivity contribution in [3.8, 4) is 0 Å². The Morgan fingerprint density at radius 3 is 2.09 bits per heavy atom. The second kappa shape index (κ2) is 6.35. The number of carbonyl (C=O) groups excluding carboxylic acids is 2. The second-order valence-corrected chi connectivity index (χ2v) is 8.55. The van der Waals surface area contributed by atoms with Gasteiger partial charge in [-0.2, -0.15) is 0 Å². The largest absolute Gasteiger partial charge is 0.478 e. The number of amides is 2. The summed E-state index contributed by atoms with van der Waals surface area (Å²) in [5.41, 5.74) is 0.336. The predicted molar refractivity (Wildman–Crippen MR) is 115 cm³/mol. The van der Waals surface area contributed by atoms with Crippen LogP contribution >= 0.6 is 0 Å². The van der Waals surface area contributed by atoms with Crippen molar-refractivity contribution in [3.63, 3.8) is 0 Å². The SMILES string of the molecule is O=C(O)c1cccc(N2C(=O)C3C4c5ccccc5C([N+](=O)[O-])(c5ccccc54)C3C2=O)c1. The molecule has 1 saturated heterocycles. The molecule has 3 aliphatic carbocycles. The van der Waals surface area contributed by atoms with Gasteiger partial charge in [0.2, 0.25) is 11.8 Å². The highest BCUT2D eigenvalue weighted by molar-refractivity contribution is 6.23. The molecule has 1 N–H and O–H groups in total. The maximum Gasteiger partial charge on any atom is 0.335 e. The van der Waals surface area contributed by atoms with Crippen LogP contribution in [0.2, 0.25) is 0 Å². The van der Waals surface area contributed by atoms with Crippen LogP contribution in [0.25, 0.3) is 0 Å². The van der Waals surface area contributed by atoms with E-state index in [1.54, 1.807) is 48.5 Å². The van der Waals surface area contributed by atoms with Crippen molar-refractivity contribution in [2.45, 2.75) is 11.5 Å². The summed E-state index contributed by atoms with van der Waals surface area (Å²) in [5, 5.41) is 22.2. The highest BCUT2D eigenvalue weighted by atomic mass is 16.6. The van der Waals surface area contributed by atoms with Crippen molar-refractivity contribution in [2.24, 2.45) is 11.8 Å². The number of aromatic carboxylic acids is 1. The van der Waals surface area contributed by atoms with Crippen molar-refractivity contribution >= 4 is 23.5 Å². The molecule has 0 radical (unpaired) electrons. The van der Waals surface area contributed by atoms with Crippen LogP contribution in [-0.2, 0) is 15.1 Å². The number of anilines is 1. The Morgan fingerprint density at radius 1 is 0.909 bits per heavy atom. The third-order valence-electron chi connectivity index (χ3n) is 7.21. The Balaban J connectivity index is 1.64. The third-order valence-corrected chi connectivity index (χ3v) is 7.21. The molecule has 1 aliphatic heterocycles. The number of carbonyl (C=O) groups is 3. The van der Waals surface area contributed by atoms with E-state index in [2.05, 4.69) is 0 Å². The number of hydrogen-bond donors (Lipinski definition) is 1. The molecule has 3 aromatic rings. The lowest BCUT2D eigenvalue weighted by molar-refractivity contribution is -0.578. The molecular weight excluding hydrogens is 424 g/mol. The fourth-order valence-corrected chi connectivity index (χ4v) is 6.07. The van der Waals surface area contributed by atoms with Gasteiger partial charge in [-0.3, -0.25) is 19.7 Å². The average Bonchev–Trinajstić information content (AvgIpc) is 3.09. The van der Waals surface area contributed by atoms with Crippen molar-refractivity contribution in [3.05, 3.63) is 111 Å². The van der Waals surface area contributed by atoms with Crippen molar-refractivity contribution in [2.75, 3.05) is 4.90 Å². The highest BCUT2D eigenvalue weighted by Gasteiger charge is 2.74. The zero-order valence-corrected chi connectivity index (χ0v) is 17.0. The van der Waals surface area contributed by atoms with Crippen molar-refractivity contribution in [1.29, 1.82) is 0 Å². The number of imide groups is 1. The summed E-state index contributed by atoms with van der Waals surface area (Å²) < 4.78 is 0. The summed E-state index contributed by atoms with van der Waals surface area (Å²) in [4.78, 5) is 52.4. The lowest BCUT2D eigenvalue weighted by Crippen LogP contribution is -2.57. The standard InChI is InChI=1S/C25H16N2O6/c28-22-20-19-15-8-1-3-10-17(15)25(27(32)33,18-11-4-2-9-16(18)19)21(20)23(29)26(22)14-7-5-6-13(12-14)24(30)31/h1-12,19-21H,(H,30,31). The van der Waals surface area contributed by atoms with Gasteiger partial charge in [0, 0.05) is 22.0 Å². The molecule has 0 aromatic heterocycles. The van der Waals surface area contributed by atoms with Gasteiger partial charge in [-0.25, -0.2) is 9.69 Å². The molecule has 8 heteroatoms. The van der Waals surface area contributed by atoms with Gasteiger partial charge in [-0.1, -0.05) is 54.6 Å². The molecule has 2 bridgehead atoms. The van der Waals surface area contributed by atoms with E-state index in [0.717, 1.165) is 4.90 Å². The van der Waals surface area contributed by atoms with E-state index in [1.165, 1.54) is 24.3 Å². The van der Waals surface area contributed by atoms with Gasteiger partial charge in [-0.15, -0.1) is 0 Å². The second-order valence-electron chi connectivity index (χ2n) is 8.55. The molecule has 8 nitrogen and oxygen atoms in total. The summed E-state index contributed by atoms with van der Waals surface area (Å²) in [5.74, 6) is -5.13. The van der Waals surface area contributed by atoms with Gasteiger partial charge < -0.3 is 5.11 Å². The number of carboxylic acid groups (broad SMARTS) is 1. The van der Waals surface area contributed by atoms with Crippen LogP contribution in [0, 0.1) is 22.0 Å². The van der Waals surface area contributed by atoms with Crippen molar-refractivity contribution < 1.29 is 24.4 Å². The average molecular weight is 440 g/mol. The zero-order chi connectivity index (χ0) is 23.1. The van der Waals surface area contributed by atoms with Crippen LogP contribution in [0.3, 0.4) is 0 Å². The minimum Gasteiger partial charge on any atom is -0.478 e. The topological polar surface area (TPSA) is 118 Å². The molecule has 162 valence electrons. The molecule has 4 aliphatic rings. The van der Waals surface area contributed by atoms with Crippen LogP contribution < -0.4 is 4.90 Å². The Kier molecular flexibility index (Phi) is 3.73. The van der Waals surface area contributed by atoms with E-state index < -0.39 is 46.0 Å². The van der Waals surface area contributed by atoms with E-state index in [1.807, 2.05) is 0 Å². The third kappa shape index (κ3) is 2.17.